The molecule has 0 radical (unpaired) electrons. The van der Waals surface area contributed by atoms with E-state index in [0.29, 0.717) is 31.4 Å². The van der Waals surface area contributed by atoms with Crippen molar-refractivity contribution in [2.75, 3.05) is 13.7 Å². The Kier molecular flexibility index (Phi) is 7.23. The van der Waals surface area contributed by atoms with Gasteiger partial charge in [0.1, 0.15) is 0 Å². The van der Waals surface area contributed by atoms with Crippen LogP contribution in [0.25, 0.3) is 0 Å². The first kappa shape index (κ1) is 22.0. The van der Waals surface area contributed by atoms with Crippen molar-refractivity contribution in [3.8, 4) is 0 Å². The van der Waals surface area contributed by atoms with Crippen LogP contribution in [0, 0.1) is 0 Å². The molecule has 8 heteroatoms. The first-order valence-corrected chi connectivity index (χ1v) is 11.4. The van der Waals surface area contributed by atoms with Crippen molar-refractivity contribution in [2.45, 2.75) is 43.0 Å². The van der Waals surface area contributed by atoms with Gasteiger partial charge in [0.2, 0.25) is 15.9 Å². The Bertz CT molecular complexity index is 981. The van der Waals surface area contributed by atoms with E-state index in [2.05, 4.69) is 14.8 Å². The minimum atomic E-state index is -3.45. The van der Waals surface area contributed by atoms with Crippen molar-refractivity contribution >= 4 is 21.9 Å². The Labute approximate surface area is 176 Å². The molecule has 160 valence electrons. The number of hydrogen-bond acceptors (Lipinski definition) is 5. The van der Waals surface area contributed by atoms with Gasteiger partial charge < -0.3 is 10.1 Å². The molecule has 0 unspecified atom stereocenters. The largest absolute Gasteiger partial charge is 0.465 e. The van der Waals surface area contributed by atoms with Crippen LogP contribution in [0.5, 0.6) is 0 Å². The molecular weight excluding hydrogens is 404 g/mol. The van der Waals surface area contributed by atoms with Crippen LogP contribution in [-0.2, 0) is 32.4 Å². The molecule has 2 aromatic rings. The summed E-state index contributed by atoms with van der Waals surface area (Å²) in [5.74, 6) is -0.437. The number of methoxy groups -OCH3 is 1. The van der Waals surface area contributed by atoms with E-state index < -0.39 is 10.0 Å². The molecule has 30 heavy (non-hydrogen) atoms. The van der Waals surface area contributed by atoms with E-state index in [0.717, 1.165) is 24.0 Å². The van der Waals surface area contributed by atoms with E-state index in [1.165, 1.54) is 7.11 Å². The third-order valence-electron chi connectivity index (χ3n) is 4.88. The Morgan fingerprint density at radius 2 is 1.57 bits per heavy atom. The van der Waals surface area contributed by atoms with Gasteiger partial charge in [-0.15, -0.1) is 0 Å². The summed E-state index contributed by atoms with van der Waals surface area (Å²) in [6.07, 6.45) is 3.31. The van der Waals surface area contributed by atoms with E-state index in [4.69, 9.17) is 0 Å². The number of amides is 1. The first-order valence-electron chi connectivity index (χ1n) is 9.92. The van der Waals surface area contributed by atoms with Crippen LogP contribution in [0.1, 0.15) is 40.7 Å². The second-order valence-electron chi connectivity index (χ2n) is 7.33. The minimum Gasteiger partial charge on any atom is -0.465 e. The maximum atomic E-state index is 12.2. The quantitative estimate of drug-likeness (QED) is 0.563. The molecule has 0 saturated heterocycles. The van der Waals surface area contributed by atoms with E-state index in [1.807, 2.05) is 12.1 Å². The molecule has 0 bridgehead atoms. The van der Waals surface area contributed by atoms with Gasteiger partial charge in [-0.1, -0.05) is 24.3 Å². The fourth-order valence-electron chi connectivity index (χ4n) is 2.94. The van der Waals surface area contributed by atoms with Crippen LogP contribution in [0.4, 0.5) is 0 Å². The van der Waals surface area contributed by atoms with E-state index in [1.54, 1.807) is 36.4 Å². The summed E-state index contributed by atoms with van der Waals surface area (Å²) >= 11 is 0. The van der Waals surface area contributed by atoms with Gasteiger partial charge in [-0.25, -0.2) is 17.9 Å². The maximum Gasteiger partial charge on any atom is 0.337 e. The molecule has 3 rings (SSSR count). The van der Waals surface area contributed by atoms with Gasteiger partial charge in [0.25, 0.3) is 0 Å². The Morgan fingerprint density at radius 1 is 0.967 bits per heavy atom. The van der Waals surface area contributed by atoms with Crippen LogP contribution < -0.4 is 10.0 Å². The summed E-state index contributed by atoms with van der Waals surface area (Å²) in [5.41, 5.74) is 2.42. The molecule has 1 fully saturated rings. The predicted octanol–water partition coefficient (Wildman–Crippen LogP) is 2.21. The molecular formula is C22H26N2O5S. The molecule has 0 atom stereocenters. The Balaban J connectivity index is 1.39. The third kappa shape index (κ3) is 6.40. The zero-order chi connectivity index (χ0) is 21.6. The molecule has 0 spiro atoms. The van der Waals surface area contributed by atoms with Crippen LogP contribution in [0.15, 0.2) is 53.4 Å². The van der Waals surface area contributed by atoms with Crippen LogP contribution >= 0.6 is 0 Å². The number of carbonyl (C=O) groups excluding carboxylic acids is 2. The van der Waals surface area contributed by atoms with Gasteiger partial charge in [0.05, 0.1) is 17.6 Å². The molecule has 0 aromatic heterocycles. The molecule has 1 aliphatic rings. The van der Waals surface area contributed by atoms with Gasteiger partial charge in [0, 0.05) is 19.0 Å². The molecule has 0 heterocycles. The summed E-state index contributed by atoms with van der Waals surface area (Å²) in [5, 5.41) is 2.88. The topological polar surface area (TPSA) is 102 Å². The first-order chi connectivity index (χ1) is 14.4. The van der Waals surface area contributed by atoms with Gasteiger partial charge in [0.15, 0.2) is 0 Å². The molecule has 1 amide bonds. The molecule has 1 saturated carbocycles. The normalized spacial score (nSPS) is 13.6. The van der Waals surface area contributed by atoms with E-state index in [9.17, 15) is 18.0 Å². The summed E-state index contributed by atoms with van der Waals surface area (Å²) < 4.78 is 31.6. The summed E-state index contributed by atoms with van der Waals surface area (Å²) in [4.78, 5) is 23.7. The zero-order valence-electron chi connectivity index (χ0n) is 16.9. The van der Waals surface area contributed by atoms with E-state index >= 15 is 0 Å². The molecule has 2 aromatic carbocycles. The number of aryl methyl sites for hydroxylation is 1. The minimum absolute atomic E-state index is 0.0618. The highest BCUT2D eigenvalue weighted by atomic mass is 32.2. The molecule has 7 nitrogen and oxygen atoms in total. The number of hydrogen-bond donors (Lipinski definition) is 2. The smallest absolute Gasteiger partial charge is 0.337 e. The van der Waals surface area contributed by atoms with E-state index in [-0.39, 0.29) is 22.8 Å². The van der Waals surface area contributed by atoms with Gasteiger partial charge in [-0.3, -0.25) is 4.79 Å². The lowest BCUT2D eigenvalue weighted by molar-refractivity contribution is -0.121. The van der Waals surface area contributed by atoms with Crippen molar-refractivity contribution in [1.82, 2.24) is 10.0 Å². The SMILES string of the molecule is COC(=O)c1ccc(CCNC(=O)CCc2ccc(S(=O)(=O)NC3CC3)cc2)cc1. The Hall–Kier alpha value is -2.71. The average molecular weight is 431 g/mol. The number of benzene rings is 2. The summed E-state index contributed by atoms with van der Waals surface area (Å²) in [7, 11) is -2.11. The second kappa shape index (κ2) is 9.86. The monoisotopic (exact) mass is 430 g/mol. The second-order valence-corrected chi connectivity index (χ2v) is 9.04. The molecule has 2 N–H and O–H groups in total. The number of ether oxygens (including phenoxy) is 1. The Morgan fingerprint density at radius 3 is 2.17 bits per heavy atom. The van der Waals surface area contributed by atoms with Crippen molar-refractivity contribution in [3.05, 3.63) is 65.2 Å². The predicted molar refractivity (Wildman–Crippen MR) is 113 cm³/mol. The molecule has 0 aliphatic heterocycles. The lowest BCUT2D eigenvalue weighted by Crippen LogP contribution is -2.26. The van der Waals surface area contributed by atoms with Crippen molar-refractivity contribution in [3.63, 3.8) is 0 Å². The standard InChI is InChI=1S/C22H26N2O5S/c1-29-22(26)18-7-2-17(3-8-18)14-15-23-21(25)13-6-16-4-11-20(12-5-16)30(27,28)24-19-9-10-19/h2-5,7-8,11-12,19,24H,6,9-10,13-15H2,1H3,(H,23,25). The maximum absolute atomic E-state index is 12.2. The van der Waals surface area contributed by atoms with Crippen molar-refractivity contribution in [2.24, 2.45) is 0 Å². The number of nitrogens with one attached hydrogen (secondary N) is 2. The number of carbonyl (C=O) groups is 2. The fraction of sp³-hybridized carbons (Fsp3) is 0.364. The number of rotatable bonds is 10. The van der Waals surface area contributed by atoms with Gasteiger partial charge >= 0.3 is 5.97 Å². The summed E-state index contributed by atoms with van der Waals surface area (Å²) in [6.45, 7) is 0.500. The fourth-order valence-corrected chi connectivity index (χ4v) is 4.25. The number of sulfonamides is 1. The summed E-state index contributed by atoms with van der Waals surface area (Å²) in [6, 6.07) is 13.8. The van der Waals surface area contributed by atoms with Gasteiger partial charge in [-0.2, -0.15) is 0 Å². The van der Waals surface area contributed by atoms with Crippen LogP contribution in [0.3, 0.4) is 0 Å². The highest BCUT2D eigenvalue weighted by molar-refractivity contribution is 7.89. The number of esters is 1. The van der Waals surface area contributed by atoms with Crippen LogP contribution in [0.2, 0.25) is 0 Å². The van der Waals surface area contributed by atoms with Crippen molar-refractivity contribution < 1.29 is 22.7 Å². The lowest BCUT2D eigenvalue weighted by Gasteiger charge is -2.08. The lowest BCUT2D eigenvalue weighted by atomic mass is 10.1. The highest BCUT2D eigenvalue weighted by Gasteiger charge is 2.27. The zero-order valence-corrected chi connectivity index (χ0v) is 17.7. The van der Waals surface area contributed by atoms with Crippen LogP contribution in [-0.4, -0.2) is 40.0 Å². The molecule has 1 aliphatic carbocycles. The average Bonchev–Trinajstić information content (AvgIpc) is 3.56. The van der Waals surface area contributed by atoms with Crippen molar-refractivity contribution in [1.29, 1.82) is 0 Å². The third-order valence-corrected chi connectivity index (χ3v) is 6.42. The van der Waals surface area contributed by atoms with Gasteiger partial charge in [-0.05, 0) is 61.1 Å². The highest BCUT2D eigenvalue weighted by Crippen LogP contribution is 2.22.